The Morgan fingerprint density at radius 3 is 2.76 bits per heavy atom. The summed E-state index contributed by atoms with van der Waals surface area (Å²) in [7, 11) is 1.45. The van der Waals surface area contributed by atoms with Crippen LogP contribution in [0.1, 0.15) is 20.8 Å². The maximum Gasteiger partial charge on any atom is 0.353 e. The van der Waals surface area contributed by atoms with E-state index in [0.717, 1.165) is 0 Å². The number of benzene rings is 1. The summed E-state index contributed by atoms with van der Waals surface area (Å²) in [5.74, 6) is -0.790. The molecule has 0 amide bonds. The molecular formula is C11H8ClNO4. The number of rotatable bonds is 3. The highest BCUT2D eigenvalue weighted by Crippen LogP contribution is 2.34. The molecule has 5 nitrogen and oxygen atoms in total. The fourth-order valence-electron chi connectivity index (χ4n) is 1.72. The third-order valence-electron chi connectivity index (χ3n) is 2.46. The van der Waals surface area contributed by atoms with Crippen molar-refractivity contribution in [2.24, 2.45) is 0 Å². The van der Waals surface area contributed by atoms with E-state index < -0.39 is 5.97 Å². The second-order valence-electron chi connectivity index (χ2n) is 3.34. The van der Waals surface area contributed by atoms with Crippen LogP contribution in [0.5, 0.6) is 5.75 Å². The van der Waals surface area contributed by atoms with Crippen LogP contribution < -0.4 is 4.74 Å². The second kappa shape index (κ2) is 4.10. The van der Waals surface area contributed by atoms with Gasteiger partial charge in [0.15, 0.2) is 6.29 Å². The molecule has 88 valence electrons. The van der Waals surface area contributed by atoms with E-state index in [1.54, 1.807) is 12.1 Å². The molecule has 1 heterocycles. The van der Waals surface area contributed by atoms with Crippen LogP contribution in [0.25, 0.3) is 10.9 Å². The molecule has 6 heteroatoms. The molecule has 1 aromatic carbocycles. The lowest BCUT2D eigenvalue weighted by atomic mass is 10.1. The van der Waals surface area contributed by atoms with Crippen LogP contribution in [-0.4, -0.2) is 29.5 Å². The van der Waals surface area contributed by atoms with E-state index in [-0.39, 0.29) is 11.3 Å². The van der Waals surface area contributed by atoms with Crippen LogP contribution >= 0.6 is 11.6 Å². The number of methoxy groups -OCH3 is 1. The number of carbonyl (C=O) groups is 2. The minimum atomic E-state index is -1.22. The van der Waals surface area contributed by atoms with Crippen molar-refractivity contribution in [1.82, 2.24) is 4.98 Å². The van der Waals surface area contributed by atoms with Gasteiger partial charge in [-0.05, 0) is 12.1 Å². The molecule has 2 rings (SSSR count). The number of aromatic nitrogens is 1. The second-order valence-corrected chi connectivity index (χ2v) is 3.74. The van der Waals surface area contributed by atoms with Gasteiger partial charge in [0.25, 0.3) is 0 Å². The van der Waals surface area contributed by atoms with Gasteiger partial charge in [0.05, 0.1) is 23.2 Å². The molecule has 0 spiro atoms. The molecule has 0 saturated heterocycles. The van der Waals surface area contributed by atoms with Gasteiger partial charge in [-0.1, -0.05) is 11.6 Å². The first-order chi connectivity index (χ1) is 8.10. The van der Waals surface area contributed by atoms with E-state index in [4.69, 9.17) is 21.4 Å². The summed E-state index contributed by atoms with van der Waals surface area (Å²) in [6.45, 7) is 0. The monoisotopic (exact) mass is 253 g/mol. The predicted molar refractivity (Wildman–Crippen MR) is 62.2 cm³/mol. The van der Waals surface area contributed by atoms with Crippen molar-refractivity contribution in [3.8, 4) is 5.75 Å². The van der Waals surface area contributed by atoms with Crippen LogP contribution in [0.4, 0.5) is 0 Å². The topological polar surface area (TPSA) is 79.4 Å². The SMILES string of the molecule is COc1ccc(Cl)c2c(C=O)c(C(=O)O)[nH]c12. The van der Waals surface area contributed by atoms with Crippen molar-refractivity contribution < 1.29 is 19.4 Å². The number of aromatic amines is 1. The largest absolute Gasteiger partial charge is 0.495 e. The molecule has 0 atom stereocenters. The number of nitrogens with one attached hydrogen (secondary N) is 1. The van der Waals surface area contributed by atoms with Crippen molar-refractivity contribution in [3.63, 3.8) is 0 Å². The van der Waals surface area contributed by atoms with Gasteiger partial charge in [0.2, 0.25) is 0 Å². The number of carbonyl (C=O) groups excluding carboxylic acids is 1. The van der Waals surface area contributed by atoms with Gasteiger partial charge in [-0.15, -0.1) is 0 Å². The Morgan fingerprint density at radius 2 is 2.24 bits per heavy atom. The highest BCUT2D eigenvalue weighted by Gasteiger charge is 2.20. The Labute approximate surface area is 101 Å². The summed E-state index contributed by atoms with van der Waals surface area (Å²) < 4.78 is 5.08. The molecule has 2 N–H and O–H groups in total. The molecular weight excluding hydrogens is 246 g/mol. The third kappa shape index (κ3) is 1.64. The quantitative estimate of drug-likeness (QED) is 0.823. The molecule has 0 bridgehead atoms. The first-order valence-corrected chi connectivity index (χ1v) is 5.04. The lowest BCUT2D eigenvalue weighted by molar-refractivity contribution is 0.0688. The number of carboxylic acids is 1. The van der Waals surface area contributed by atoms with E-state index in [1.807, 2.05) is 0 Å². The predicted octanol–water partition coefficient (Wildman–Crippen LogP) is 2.34. The number of halogens is 1. The van der Waals surface area contributed by atoms with Gasteiger partial charge in [0.1, 0.15) is 11.4 Å². The molecule has 17 heavy (non-hydrogen) atoms. The van der Waals surface area contributed by atoms with Gasteiger partial charge in [-0.25, -0.2) is 4.79 Å². The molecule has 0 unspecified atom stereocenters. The number of hydrogen-bond acceptors (Lipinski definition) is 3. The molecule has 0 radical (unpaired) electrons. The maximum absolute atomic E-state index is 11.0. The number of aromatic carboxylic acids is 1. The van der Waals surface area contributed by atoms with Crippen LogP contribution in [0.15, 0.2) is 12.1 Å². The van der Waals surface area contributed by atoms with E-state index in [2.05, 4.69) is 4.98 Å². The number of H-pyrrole nitrogens is 1. The zero-order chi connectivity index (χ0) is 12.6. The lowest BCUT2D eigenvalue weighted by Crippen LogP contribution is -2.00. The van der Waals surface area contributed by atoms with Crippen molar-refractivity contribution in [2.45, 2.75) is 0 Å². The Kier molecular flexibility index (Phi) is 2.77. The smallest absolute Gasteiger partial charge is 0.353 e. The summed E-state index contributed by atoms with van der Waals surface area (Å²) >= 11 is 5.96. The van der Waals surface area contributed by atoms with Crippen molar-refractivity contribution in [1.29, 1.82) is 0 Å². The molecule has 0 fully saturated rings. The van der Waals surface area contributed by atoms with Crippen LogP contribution in [0.2, 0.25) is 5.02 Å². The van der Waals surface area contributed by atoms with Gasteiger partial charge >= 0.3 is 5.97 Å². The fraction of sp³-hybridized carbons (Fsp3) is 0.0909. The van der Waals surface area contributed by atoms with Gasteiger partial charge in [-0.3, -0.25) is 4.79 Å². The summed E-state index contributed by atoms with van der Waals surface area (Å²) in [4.78, 5) is 24.6. The van der Waals surface area contributed by atoms with Crippen LogP contribution in [0, 0.1) is 0 Å². The Balaban J connectivity index is 2.94. The highest BCUT2D eigenvalue weighted by atomic mass is 35.5. The number of carboxylic acid groups (broad SMARTS) is 1. The Morgan fingerprint density at radius 1 is 1.53 bits per heavy atom. The van der Waals surface area contributed by atoms with E-state index in [9.17, 15) is 9.59 Å². The van der Waals surface area contributed by atoms with Gasteiger partial charge in [0, 0.05) is 5.39 Å². The number of aldehydes is 1. The first-order valence-electron chi connectivity index (χ1n) is 4.66. The molecule has 0 aliphatic carbocycles. The molecule has 0 aliphatic rings. The normalized spacial score (nSPS) is 10.5. The number of fused-ring (bicyclic) bond motifs is 1. The summed E-state index contributed by atoms with van der Waals surface area (Å²) in [6, 6.07) is 3.15. The third-order valence-corrected chi connectivity index (χ3v) is 2.77. The average Bonchev–Trinajstić information content (AvgIpc) is 2.70. The highest BCUT2D eigenvalue weighted by molar-refractivity contribution is 6.37. The zero-order valence-electron chi connectivity index (χ0n) is 8.78. The number of ether oxygens (including phenoxy) is 1. The molecule has 2 aromatic rings. The molecule has 0 aliphatic heterocycles. The minimum absolute atomic E-state index is 0.0244. The standard InChI is InChI=1S/C11H8ClNO4/c1-17-7-3-2-6(12)8-5(4-14)9(11(15)16)13-10(7)8/h2-4,13H,1H3,(H,15,16). The summed E-state index contributed by atoms with van der Waals surface area (Å²) in [6.07, 6.45) is 0.466. The Hall–Kier alpha value is -2.01. The van der Waals surface area contributed by atoms with Crippen LogP contribution in [0.3, 0.4) is 0 Å². The van der Waals surface area contributed by atoms with Crippen LogP contribution in [-0.2, 0) is 0 Å². The average molecular weight is 254 g/mol. The van der Waals surface area contributed by atoms with Gasteiger partial charge in [-0.2, -0.15) is 0 Å². The van der Waals surface area contributed by atoms with Gasteiger partial charge < -0.3 is 14.8 Å². The number of hydrogen-bond donors (Lipinski definition) is 2. The first kappa shape index (κ1) is 11.5. The van der Waals surface area contributed by atoms with Crippen molar-refractivity contribution in [3.05, 3.63) is 28.4 Å². The van der Waals surface area contributed by atoms with Crippen molar-refractivity contribution >= 4 is 34.8 Å². The summed E-state index contributed by atoms with van der Waals surface area (Å²) in [5.41, 5.74) is 0.234. The van der Waals surface area contributed by atoms with E-state index in [0.29, 0.717) is 28.0 Å². The van der Waals surface area contributed by atoms with E-state index in [1.165, 1.54) is 7.11 Å². The zero-order valence-corrected chi connectivity index (χ0v) is 9.54. The lowest BCUT2D eigenvalue weighted by Gasteiger charge is -2.02. The van der Waals surface area contributed by atoms with E-state index >= 15 is 0 Å². The summed E-state index contributed by atoms with van der Waals surface area (Å²) in [5, 5.41) is 9.64. The fourth-order valence-corrected chi connectivity index (χ4v) is 1.98. The molecule has 0 saturated carbocycles. The maximum atomic E-state index is 11.0. The Bertz CT molecular complexity index is 617. The van der Waals surface area contributed by atoms with Crippen molar-refractivity contribution in [2.75, 3.05) is 7.11 Å². The molecule has 1 aromatic heterocycles. The minimum Gasteiger partial charge on any atom is -0.495 e.